The molecule has 0 amide bonds. The Bertz CT molecular complexity index is 1040. The normalized spacial score (nSPS) is 13.4. The third-order valence-electron chi connectivity index (χ3n) is 7.56. The lowest BCUT2D eigenvalue weighted by atomic mass is 9.76. The third-order valence-corrected chi connectivity index (χ3v) is 7.56. The first-order valence-electron chi connectivity index (χ1n) is 12.5. The molecule has 1 nitrogen and oxygen atoms in total. The number of rotatable bonds is 10. The van der Waals surface area contributed by atoms with Crippen molar-refractivity contribution in [3.8, 4) is 0 Å². The minimum Gasteiger partial charge on any atom is -0.310 e. The first-order valence-corrected chi connectivity index (χ1v) is 12.5. The summed E-state index contributed by atoms with van der Waals surface area (Å²) in [6.07, 6.45) is 6.59. The molecular weight excluding hydrogens is 398 g/mol. The quantitative estimate of drug-likeness (QED) is 0.304. The van der Waals surface area contributed by atoms with Crippen LogP contribution >= 0.6 is 0 Å². The number of benzene rings is 3. The van der Waals surface area contributed by atoms with Crippen molar-refractivity contribution in [3.05, 3.63) is 96.1 Å². The molecule has 0 aliphatic rings. The van der Waals surface area contributed by atoms with Gasteiger partial charge in [-0.1, -0.05) is 97.0 Å². The molecule has 0 bridgehead atoms. The molecule has 0 heterocycles. The van der Waals surface area contributed by atoms with Crippen molar-refractivity contribution in [3.63, 3.8) is 0 Å². The van der Waals surface area contributed by atoms with Gasteiger partial charge in [-0.25, -0.2) is 0 Å². The zero-order valence-corrected chi connectivity index (χ0v) is 21.5. The Morgan fingerprint density at radius 2 is 1.30 bits per heavy atom. The Kier molecular flexibility index (Phi) is 7.84. The molecule has 0 aliphatic carbocycles. The van der Waals surface area contributed by atoms with E-state index in [4.69, 9.17) is 0 Å². The Morgan fingerprint density at radius 3 is 1.79 bits per heavy atom. The average Bonchev–Trinajstić information content (AvgIpc) is 2.85. The van der Waals surface area contributed by atoms with E-state index in [-0.39, 0.29) is 10.8 Å². The summed E-state index contributed by atoms with van der Waals surface area (Å²) in [5, 5.41) is 0. The van der Waals surface area contributed by atoms with Crippen molar-refractivity contribution >= 4 is 23.1 Å². The van der Waals surface area contributed by atoms with Crippen LogP contribution < -0.4 is 4.90 Å². The lowest BCUT2D eigenvalue weighted by Crippen LogP contribution is -2.20. The molecular formula is C32H41N. The van der Waals surface area contributed by atoms with Crippen molar-refractivity contribution in [2.45, 2.75) is 78.1 Å². The Hall–Kier alpha value is -2.80. The fraction of sp³-hybridized carbons (Fsp3) is 0.375. The maximum atomic E-state index is 3.97. The molecule has 0 spiro atoms. The van der Waals surface area contributed by atoms with Crippen molar-refractivity contribution in [1.29, 1.82) is 0 Å². The monoisotopic (exact) mass is 439 g/mol. The summed E-state index contributed by atoms with van der Waals surface area (Å²) in [6, 6.07) is 26.9. The molecule has 1 heteroatoms. The highest BCUT2D eigenvalue weighted by atomic mass is 15.1. The van der Waals surface area contributed by atoms with Gasteiger partial charge < -0.3 is 4.90 Å². The highest BCUT2D eigenvalue weighted by Gasteiger charge is 2.24. The number of hydrogen-bond acceptors (Lipinski definition) is 1. The van der Waals surface area contributed by atoms with Gasteiger partial charge in [0.2, 0.25) is 0 Å². The van der Waals surface area contributed by atoms with Crippen LogP contribution in [-0.4, -0.2) is 0 Å². The molecule has 0 aromatic heterocycles. The van der Waals surface area contributed by atoms with Gasteiger partial charge in [-0.3, -0.25) is 0 Å². The molecule has 0 aliphatic heterocycles. The highest BCUT2D eigenvalue weighted by molar-refractivity contribution is 5.78. The molecule has 3 rings (SSSR count). The van der Waals surface area contributed by atoms with Crippen LogP contribution in [0.15, 0.2) is 79.4 Å². The second-order valence-electron chi connectivity index (χ2n) is 10.1. The second-order valence-corrected chi connectivity index (χ2v) is 10.1. The fourth-order valence-electron chi connectivity index (χ4n) is 4.59. The van der Waals surface area contributed by atoms with Crippen molar-refractivity contribution in [1.82, 2.24) is 0 Å². The van der Waals surface area contributed by atoms with Gasteiger partial charge in [-0.2, -0.15) is 0 Å². The van der Waals surface area contributed by atoms with Gasteiger partial charge in [0.15, 0.2) is 0 Å². The van der Waals surface area contributed by atoms with Gasteiger partial charge in [0.1, 0.15) is 0 Å². The van der Waals surface area contributed by atoms with E-state index in [1.807, 2.05) is 6.08 Å². The lowest BCUT2D eigenvalue weighted by molar-refractivity contribution is 0.414. The van der Waals surface area contributed by atoms with Crippen LogP contribution in [0, 0.1) is 0 Å². The number of hydrogen-bond donors (Lipinski definition) is 0. The summed E-state index contributed by atoms with van der Waals surface area (Å²) in [7, 11) is 0. The maximum absolute atomic E-state index is 3.97. The van der Waals surface area contributed by atoms with E-state index in [1.54, 1.807) is 0 Å². The van der Waals surface area contributed by atoms with E-state index in [0.717, 1.165) is 24.1 Å². The van der Waals surface area contributed by atoms with E-state index in [2.05, 4.69) is 126 Å². The number of nitrogens with zero attached hydrogens (tertiary/aromatic N) is 1. The van der Waals surface area contributed by atoms with Crippen LogP contribution in [0.25, 0.3) is 6.08 Å². The van der Waals surface area contributed by atoms with E-state index in [1.165, 1.54) is 35.3 Å². The van der Waals surface area contributed by atoms with Crippen molar-refractivity contribution in [2.24, 2.45) is 0 Å². The van der Waals surface area contributed by atoms with Crippen LogP contribution in [0.4, 0.5) is 17.1 Å². The molecule has 0 fully saturated rings. The molecule has 0 saturated heterocycles. The highest BCUT2D eigenvalue weighted by Crippen LogP contribution is 2.39. The molecule has 0 saturated carbocycles. The van der Waals surface area contributed by atoms with Crippen LogP contribution in [0.2, 0.25) is 0 Å². The summed E-state index contributed by atoms with van der Waals surface area (Å²) < 4.78 is 0. The predicted octanol–water partition coefficient (Wildman–Crippen LogP) is 9.95. The Balaban J connectivity index is 2.07. The maximum Gasteiger partial charge on any atom is 0.0467 e. The smallest absolute Gasteiger partial charge is 0.0467 e. The minimum absolute atomic E-state index is 0.178. The van der Waals surface area contributed by atoms with Crippen LogP contribution in [-0.2, 0) is 10.8 Å². The molecule has 174 valence electrons. The molecule has 3 aromatic carbocycles. The number of anilines is 3. The molecule has 0 N–H and O–H groups in total. The summed E-state index contributed by atoms with van der Waals surface area (Å²) in [4.78, 5) is 2.35. The second kappa shape index (κ2) is 10.4. The van der Waals surface area contributed by atoms with E-state index >= 15 is 0 Å². The summed E-state index contributed by atoms with van der Waals surface area (Å²) in [5.41, 5.74) is 7.83. The largest absolute Gasteiger partial charge is 0.310 e. The summed E-state index contributed by atoms with van der Waals surface area (Å²) in [6.45, 7) is 17.8. The minimum atomic E-state index is 0.178. The van der Waals surface area contributed by atoms with Gasteiger partial charge in [-0.15, -0.1) is 0 Å². The molecule has 0 radical (unpaired) electrons. The van der Waals surface area contributed by atoms with E-state index in [0.29, 0.717) is 0 Å². The summed E-state index contributed by atoms with van der Waals surface area (Å²) in [5.74, 6) is 0. The average molecular weight is 440 g/mol. The van der Waals surface area contributed by atoms with Gasteiger partial charge in [0, 0.05) is 17.1 Å². The SMILES string of the molecule is C=Cc1cccc(N(c2ccc(C(C)(C)CC)cc2)c2ccc(C(C)(CC)CCC)cc2)c1. The summed E-state index contributed by atoms with van der Waals surface area (Å²) >= 11 is 0. The molecule has 3 aromatic rings. The fourth-order valence-corrected chi connectivity index (χ4v) is 4.59. The standard InChI is InChI=1S/C32H41N/c1-8-23-32(7,11-4)27-17-21-29(22-18-27)33(30-14-12-13-25(9-2)24-30)28-19-15-26(16-20-28)31(5,6)10-3/h9,12-22,24H,2,8,10-11,23H2,1,3-7H3. The van der Waals surface area contributed by atoms with Gasteiger partial charge in [0.05, 0.1) is 0 Å². The Labute approximate surface area is 202 Å². The topological polar surface area (TPSA) is 3.24 Å². The molecule has 33 heavy (non-hydrogen) atoms. The zero-order valence-electron chi connectivity index (χ0n) is 21.5. The predicted molar refractivity (Wildman–Crippen MR) is 147 cm³/mol. The molecule has 1 unspecified atom stereocenters. The van der Waals surface area contributed by atoms with Crippen LogP contribution in [0.5, 0.6) is 0 Å². The van der Waals surface area contributed by atoms with Crippen LogP contribution in [0.3, 0.4) is 0 Å². The van der Waals surface area contributed by atoms with E-state index < -0.39 is 0 Å². The first-order chi connectivity index (χ1) is 15.8. The van der Waals surface area contributed by atoms with Gasteiger partial charge in [-0.05, 0) is 83.2 Å². The lowest BCUT2D eigenvalue weighted by Gasteiger charge is -2.31. The van der Waals surface area contributed by atoms with E-state index in [9.17, 15) is 0 Å². The zero-order chi connectivity index (χ0) is 24.1. The van der Waals surface area contributed by atoms with Crippen LogP contribution in [0.1, 0.15) is 83.9 Å². The van der Waals surface area contributed by atoms with Gasteiger partial charge >= 0.3 is 0 Å². The van der Waals surface area contributed by atoms with Crippen molar-refractivity contribution < 1.29 is 0 Å². The Morgan fingerprint density at radius 1 is 0.727 bits per heavy atom. The van der Waals surface area contributed by atoms with Gasteiger partial charge in [0.25, 0.3) is 0 Å². The van der Waals surface area contributed by atoms with Crippen molar-refractivity contribution in [2.75, 3.05) is 4.90 Å². The molecule has 1 atom stereocenters. The first kappa shape index (κ1) is 24.8. The third kappa shape index (κ3) is 5.41.